The summed E-state index contributed by atoms with van der Waals surface area (Å²) < 4.78 is 0. The van der Waals surface area contributed by atoms with Crippen molar-refractivity contribution in [1.82, 2.24) is 15.3 Å². The van der Waals surface area contributed by atoms with Crippen molar-refractivity contribution in [3.05, 3.63) is 52.6 Å². The largest absolute Gasteiger partial charge is 0.361 e. The lowest BCUT2D eigenvalue weighted by atomic mass is 10.2. The van der Waals surface area contributed by atoms with E-state index in [-0.39, 0.29) is 0 Å². The van der Waals surface area contributed by atoms with Crippen LogP contribution in [0, 0.1) is 0 Å². The number of thiazole rings is 1. The molecule has 2 aromatic heterocycles. The fourth-order valence-corrected chi connectivity index (χ4v) is 2.51. The van der Waals surface area contributed by atoms with Crippen LogP contribution in [0.4, 0.5) is 0 Å². The van der Waals surface area contributed by atoms with Crippen molar-refractivity contribution < 1.29 is 0 Å². The van der Waals surface area contributed by atoms with Gasteiger partial charge in [0, 0.05) is 41.8 Å². The summed E-state index contributed by atoms with van der Waals surface area (Å²) in [5.74, 6) is 0. The van der Waals surface area contributed by atoms with E-state index in [1.54, 1.807) is 11.3 Å². The van der Waals surface area contributed by atoms with E-state index < -0.39 is 0 Å². The summed E-state index contributed by atoms with van der Waals surface area (Å²) >= 11 is 1.68. The standard InChI is InChI=1S/C13H13N3S/c1-2-4-12-11(3-1)10(8-16-12)7-14-9-13-15-5-6-17-13/h1-6,8,14,16H,7,9H2. The lowest BCUT2D eigenvalue weighted by molar-refractivity contribution is 0.693. The van der Waals surface area contributed by atoms with Gasteiger partial charge in [-0.2, -0.15) is 0 Å². The average molecular weight is 243 g/mol. The first-order valence-electron chi connectivity index (χ1n) is 5.57. The number of hydrogen-bond donors (Lipinski definition) is 2. The van der Waals surface area contributed by atoms with Crippen molar-refractivity contribution in [2.45, 2.75) is 13.1 Å². The molecule has 0 amide bonds. The van der Waals surface area contributed by atoms with E-state index in [0.29, 0.717) is 0 Å². The van der Waals surface area contributed by atoms with Crippen LogP contribution in [-0.4, -0.2) is 9.97 Å². The molecule has 2 N–H and O–H groups in total. The van der Waals surface area contributed by atoms with E-state index in [4.69, 9.17) is 0 Å². The first-order chi connectivity index (χ1) is 8.43. The number of aromatic amines is 1. The molecule has 0 saturated heterocycles. The van der Waals surface area contributed by atoms with Crippen LogP contribution in [-0.2, 0) is 13.1 Å². The molecule has 0 bridgehead atoms. The number of fused-ring (bicyclic) bond motifs is 1. The Labute approximate surface area is 104 Å². The Bertz CT molecular complexity index is 598. The maximum Gasteiger partial charge on any atom is 0.106 e. The fraction of sp³-hybridized carbons (Fsp3) is 0.154. The van der Waals surface area contributed by atoms with Crippen molar-refractivity contribution in [2.24, 2.45) is 0 Å². The first kappa shape index (κ1) is 10.5. The highest BCUT2D eigenvalue weighted by molar-refractivity contribution is 7.09. The van der Waals surface area contributed by atoms with E-state index in [9.17, 15) is 0 Å². The number of para-hydroxylation sites is 1. The first-order valence-corrected chi connectivity index (χ1v) is 6.45. The number of aromatic nitrogens is 2. The molecule has 86 valence electrons. The number of hydrogen-bond acceptors (Lipinski definition) is 3. The zero-order valence-electron chi connectivity index (χ0n) is 9.31. The SMILES string of the molecule is c1ccc2c(CNCc3nccs3)c[nH]c2c1. The molecule has 0 fully saturated rings. The number of nitrogens with zero attached hydrogens (tertiary/aromatic N) is 1. The molecular weight excluding hydrogens is 230 g/mol. The van der Waals surface area contributed by atoms with Gasteiger partial charge in [-0.25, -0.2) is 4.98 Å². The topological polar surface area (TPSA) is 40.7 Å². The molecule has 0 aliphatic rings. The molecule has 3 rings (SSSR count). The quantitative estimate of drug-likeness (QED) is 0.739. The van der Waals surface area contributed by atoms with Crippen LogP contribution >= 0.6 is 11.3 Å². The summed E-state index contributed by atoms with van der Waals surface area (Å²) in [5, 5.41) is 7.83. The lowest BCUT2D eigenvalue weighted by Gasteiger charge is -2.01. The van der Waals surface area contributed by atoms with Crippen molar-refractivity contribution in [3.8, 4) is 0 Å². The second-order valence-electron chi connectivity index (χ2n) is 3.89. The average Bonchev–Trinajstić information content (AvgIpc) is 2.99. The van der Waals surface area contributed by atoms with E-state index in [1.807, 2.05) is 17.6 Å². The molecule has 4 heteroatoms. The minimum Gasteiger partial charge on any atom is -0.361 e. The lowest BCUT2D eigenvalue weighted by Crippen LogP contribution is -2.11. The molecule has 0 saturated carbocycles. The Morgan fingerprint density at radius 3 is 3.06 bits per heavy atom. The summed E-state index contributed by atoms with van der Waals surface area (Å²) in [6.45, 7) is 1.70. The van der Waals surface area contributed by atoms with Gasteiger partial charge in [0.2, 0.25) is 0 Å². The smallest absolute Gasteiger partial charge is 0.106 e. The van der Waals surface area contributed by atoms with Gasteiger partial charge in [0.25, 0.3) is 0 Å². The summed E-state index contributed by atoms with van der Waals surface area (Å²) in [4.78, 5) is 7.52. The molecular formula is C13H13N3S. The van der Waals surface area contributed by atoms with Gasteiger partial charge in [-0.05, 0) is 11.6 Å². The van der Waals surface area contributed by atoms with E-state index in [2.05, 4.69) is 39.7 Å². The third kappa shape index (κ3) is 2.23. The highest BCUT2D eigenvalue weighted by atomic mass is 32.1. The maximum atomic E-state index is 4.25. The van der Waals surface area contributed by atoms with Crippen LogP contribution < -0.4 is 5.32 Å². The van der Waals surface area contributed by atoms with Crippen LogP contribution in [0.2, 0.25) is 0 Å². The summed E-state index contributed by atoms with van der Waals surface area (Å²) in [5.41, 5.74) is 2.50. The molecule has 0 atom stereocenters. The van der Waals surface area contributed by atoms with Crippen LogP contribution in [0.1, 0.15) is 10.6 Å². The van der Waals surface area contributed by atoms with Gasteiger partial charge in [0.15, 0.2) is 0 Å². The van der Waals surface area contributed by atoms with Gasteiger partial charge in [0.1, 0.15) is 5.01 Å². The number of H-pyrrole nitrogens is 1. The summed E-state index contributed by atoms with van der Waals surface area (Å²) in [7, 11) is 0. The number of rotatable bonds is 4. The van der Waals surface area contributed by atoms with Gasteiger partial charge < -0.3 is 10.3 Å². The molecule has 1 aromatic carbocycles. The van der Waals surface area contributed by atoms with Gasteiger partial charge in [-0.15, -0.1) is 11.3 Å². The monoisotopic (exact) mass is 243 g/mol. The zero-order chi connectivity index (χ0) is 11.5. The van der Waals surface area contributed by atoms with Crippen molar-refractivity contribution in [3.63, 3.8) is 0 Å². The minimum atomic E-state index is 0.831. The van der Waals surface area contributed by atoms with Gasteiger partial charge in [-0.3, -0.25) is 0 Å². The molecule has 17 heavy (non-hydrogen) atoms. The summed E-state index contributed by atoms with van der Waals surface area (Å²) in [6.07, 6.45) is 3.91. The number of benzene rings is 1. The predicted molar refractivity (Wildman–Crippen MR) is 71.0 cm³/mol. The molecule has 3 aromatic rings. The van der Waals surface area contributed by atoms with E-state index in [1.165, 1.54) is 16.5 Å². The Morgan fingerprint density at radius 1 is 1.24 bits per heavy atom. The Morgan fingerprint density at radius 2 is 2.18 bits per heavy atom. The highest BCUT2D eigenvalue weighted by Crippen LogP contribution is 2.17. The predicted octanol–water partition coefficient (Wildman–Crippen LogP) is 2.91. The van der Waals surface area contributed by atoms with Crippen LogP contribution in [0.15, 0.2) is 42.0 Å². The molecule has 0 radical (unpaired) electrons. The van der Waals surface area contributed by atoms with Crippen molar-refractivity contribution in [2.75, 3.05) is 0 Å². The van der Waals surface area contributed by atoms with E-state index in [0.717, 1.165) is 18.1 Å². The minimum absolute atomic E-state index is 0.831. The third-order valence-electron chi connectivity index (χ3n) is 2.75. The van der Waals surface area contributed by atoms with Crippen LogP contribution in [0.25, 0.3) is 10.9 Å². The highest BCUT2D eigenvalue weighted by Gasteiger charge is 2.02. The normalized spacial score (nSPS) is 11.1. The van der Waals surface area contributed by atoms with Crippen LogP contribution in [0.5, 0.6) is 0 Å². The molecule has 0 spiro atoms. The Hall–Kier alpha value is -1.65. The summed E-state index contributed by atoms with van der Waals surface area (Å²) in [6, 6.07) is 8.36. The molecule has 2 heterocycles. The van der Waals surface area contributed by atoms with Gasteiger partial charge in [0.05, 0.1) is 0 Å². The Kier molecular flexibility index (Phi) is 2.90. The van der Waals surface area contributed by atoms with E-state index >= 15 is 0 Å². The maximum absolute atomic E-state index is 4.25. The zero-order valence-corrected chi connectivity index (χ0v) is 10.1. The van der Waals surface area contributed by atoms with Gasteiger partial charge >= 0.3 is 0 Å². The van der Waals surface area contributed by atoms with Crippen molar-refractivity contribution >= 4 is 22.2 Å². The molecule has 0 aliphatic heterocycles. The molecule has 0 unspecified atom stereocenters. The molecule has 0 aliphatic carbocycles. The second kappa shape index (κ2) is 4.69. The number of nitrogens with one attached hydrogen (secondary N) is 2. The van der Waals surface area contributed by atoms with Crippen LogP contribution in [0.3, 0.4) is 0 Å². The Balaban J connectivity index is 1.69. The second-order valence-corrected chi connectivity index (χ2v) is 4.87. The fourth-order valence-electron chi connectivity index (χ4n) is 1.92. The molecule has 3 nitrogen and oxygen atoms in total. The third-order valence-corrected chi connectivity index (χ3v) is 3.53. The van der Waals surface area contributed by atoms with Crippen molar-refractivity contribution in [1.29, 1.82) is 0 Å². The van der Waals surface area contributed by atoms with Gasteiger partial charge in [-0.1, -0.05) is 18.2 Å².